The van der Waals surface area contributed by atoms with Gasteiger partial charge in [-0.15, -0.1) is 11.3 Å². The van der Waals surface area contributed by atoms with Gasteiger partial charge in [-0.05, 0) is 42.0 Å². The van der Waals surface area contributed by atoms with Gasteiger partial charge in [0.2, 0.25) is 0 Å². The number of nitrogens with one attached hydrogen (secondary N) is 4. The lowest BCUT2D eigenvalue weighted by Gasteiger charge is -2.27. The minimum Gasteiger partial charge on any atom is -0.383 e. The summed E-state index contributed by atoms with van der Waals surface area (Å²) >= 11 is 1.59. The minimum absolute atomic E-state index is 0.0237. The van der Waals surface area contributed by atoms with Crippen LogP contribution in [-0.4, -0.2) is 39.6 Å². The van der Waals surface area contributed by atoms with Crippen molar-refractivity contribution >= 4 is 43.8 Å². The molecule has 41 heavy (non-hydrogen) atoms. The number of aromatic nitrogens is 2. The van der Waals surface area contributed by atoms with Crippen LogP contribution in [0.3, 0.4) is 0 Å². The smallest absolute Gasteiger partial charge is 0.123 e. The zero-order valence-corrected chi connectivity index (χ0v) is 23.9. The van der Waals surface area contributed by atoms with Crippen molar-refractivity contribution < 1.29 is 0 Å². The van der Waals surface area contributed by atoms with Gasteiger partial charge in [0, 0.05) is 30.4 Å². The number of hydrazine groups is 2. The van der Waals surface area contributed by atoms with Crippen LogP contribution in [0.2, 0.25) is 0 Å². The van der Waals surface area contributed by atoms with E-state index in [1.165, 1.54) is 6.20 Å². The highest BCUT2D eigenvalue weighted by Crippen LogP contribution is 2.42. The normalized spacial score (nSPS) is 18.9. The maximum Gasteiger partial charge on any atom is 0.123 e. The van der Waals surface area contributed by atoms with Gasteiger partial charge < -0.3 is 10.6 Å². The molecule has 0 bridgehead atoms. The summed E-state index contributed by atoms with van der Waals surface area (Å²) in [6, 6.07) is 16.6. The summed E-state index contributed by atoms with van der Waals surface area (Å²) in [6.07, 6.45) is 3.20. The van der Waals surface area contributed by atoms with E-state index in [0.29, 0.717) is 40.8 Å². The summed E-state index contributed by atoms with van der Waals surface area (Å²) in [5.74, 6) is 0. The van der Waals surface area contributed by atoms with Gasteiger partial charge in [-0.1, -0.05) is 32.9 Å². The average Bonchev–Trinajstić information content (AvgIpc) is 3.35. The van der Waals surface area contributed by atoms with E-state index in [0.717, 1.165) is 34.3 Å². The maximum absolute atomic E-state index is 10.1. The molecule has 6 rings (SSSR count). The number of anilines is 2. The highest BCUT2D eigenvalue weighted by Gasteiger charge is 2.52. The Hall–Kier alpha value is -4.31. The van der Waals surface area contributed by atoms with Crippen molar-refractivity contribution in [1.82, 2.24) is 25.9 Å². The predicted octanol–water partition coefficient (Wildman–Crippen LogP) is 4.95. The van der Waals surface area contributed by atoms with Crippen molar-refractivity contribution in [2.24, 2.45) is 5.41 Å². The number of nitriles is 3. The Morgan fingerprint density at radius 1 is 1.15 bits per heavy atom. The second-order valence-electron chi connectivity index (χ2n) is 11.9. The molecule has 2 atom stereocenters. The minimum atomic E-state index is -0.479. The van der Waals surface area contributed by atoms with Gasteiger partial charge in [-0.25, -0.2) is 15.4 Å². The van der Waals surface area contributed by atoms with Crippen molar-refractivity contribution in [3.63, 3.8) is 0 Å². The van der Waals surface area contributed by atoms with Gasteiger partial charge >= 0.3 is 0 Å². The molecule has 11 heteroatoms. The number of fused-ring (bicyclic) bond motifs is 2. The quantitative estimate of drug-likeness (QED) is 0.244. The van der Waals surface area contributed by atoms with Gasteiger partial charge in [0.1, 0.15) is 17.7 Å². The summed E-state index contributed by atoms with van der Waals surface area (Å²) in [6.45, 7) is 7.62. The Morgan fingerprint density at radius 3 is 2.66 bits per heavy atom. The Labute approximate surface area is 242 Å². The first-order valence-corrected chi connectivity index (χ1v) is 14.4. The molecule has 1 aliphatic carbocycles. The predicted molar refractivity (Wildman–Crippen MR) is 159 cm³/mol. The summed E-state index contributed by atoms with van der Waals surface area (Å²) in [7, 11) is 0. The van der Waals surface area contributed by atoms with E-state index < -0.39 is 5.54 Å². The molecule has 10 nitrogen and oxygen atoms in total. The lowest BCUT2D eigenvalue weighted by atomic mass is 9.96. The number of benzene rings is 2. The number of thiazole rings is 1. The third kappa shape index (κ3) is 5.04. The van der Waals surface area contributed by atoms with Crippen molar-refractivity contribution in [3.8, 4) is 18.2 Å². The molecule has 2 aliphatic rings. The number of pyridine rings is 1. The van der Waals surface area contributed by atoms with E-state index >= 15 is 0 Å². The van der Waals surface area contributed by atoms with E-state index in [1.807, 2.05) is 34.8 Å². The molecule has 0 amide bonds. The van der Waals surface area contributed by atoms with Crippen molar-refractivity contribution in [1.29, 1.82) is 15.8 Å². The van der Waals surface area contributed by atoms with E-state index in [1.54, 1.807) is 11.3 Å². The Balaban J connectivity index is 1.44. The van der Waals surface area contributed by atoms with Crippen LogP contribution in [0.25, 0.3) is 21.1 Å². The molecule has 3 heterocycles. The van der Waals surface area contributed by atoms with Gasteiger partial charge in [-0.3, -0.25) is 4.98 Å². The van der Waals surface area contributed by atoms with Crippen LogP contribution in [0, 0.1) is 39.4 Å². The standard InChI is InChI=1S/C30H30N10S/c1-29(2,3)16-35-26-19(12-32)13-34-25-18(11-31)9-20(10-22(25)26)37-27(21-5-4-6-23-28(21)41-17-36-23)24-14-40(39-38-24)30(15-33)7-8-30/h4-6,9-10,13,17,24,27,37-39H,7-8,14,16H2,1-3H3,(H,34,35)/t24?,27-/m0/s1. The summed E-state index contributed by atoms with van der Waals surface area (Å²) in [5.41, 5.74) is 12.8. The van der Waals surface area contributed by atoms with Crippen LogP contribution in [0.1, 0.15) is 56.3 Å². The first-order valence-electron chi connectivity index (χ1n) is 13.5. The van der Waals surface area contributed by atoms with Crippen LogP contribution in [-0.2, 0) is 0 Å². The summed E-state index contributed by atoms with van der Waals surface area (Å²) in [4.78, 5) is 9.02. The van der Waals surface area contributed by atoms with Gasteiger partial charge in [-0.2, -0.15) is 21.3 Å². The van der Waals surface area contributed by atoms with E-state index in [2.05, 4.69) is 76.6 Å². The van der Waals surface area contributed by atoms with E-state index in [-0.39, 0.29) is 17.5 Å². The maximum atomic E-state index is 10.1. The molecular weight excluding hydrogens is 532 g/mol. The second kappa shape index (κ2) is 10.3. The zero-order valence-electron chi connectivity index (χ0n) is 23.1. The van der Waals surface area contributed by atoms with Crippen LogP contribution < -0.4 is 21.6 Å². The fourth-order valence-corrected chi connectivity index (χ4v) is 6.15. The average molecular weight is 563 g/mol. The summed E-state index contributed by atoms with van der Waals surface area (Å²) < 4.78 is 1.08. The third-order valence-electron chi connectivity index (χ3n) is 7.67. The largest absolute Gasteiger partial charge is 0.383 e. The van der Waals surface area contributed by atoms with Gasteiger partial charge in [0.25, 0.3) is 0 Å². The topological polar surface area (TPSA) is 149 Å². The highest BCUT2D eigenvalue weighted by molar-refractivity contribution is 7.17. The third-order valence-corrected chi connectivity index (χ3v) is 8.56. The number of hydrogen-bond donors (Lipinski definition) is 4. The molecule has 1 saturated carbocycles. The molecule has 206 valence electrons. The lowest BCUT2D eigenvalue weighted by Crippen LogP contribution is -2.44. The van der Waals surface area contributed by atoms with Crippen molar-refractivity contribution in [3.05, 3.63) is 58.7 Å². The van der Waals surface area contributed by atoms with Crippen LogP contribution in [0.4, 0.5) is 11.4 Å². The molecule has 1 aliphatic heterocycles. The fraction of sp³-hybridized carbons (Fsp3) is 0.367. The van der Waals surface area contributed by atoms with Crippen LogP contribution >= 0.6 is 11.3 Å². The van der Waals surface area contributed by atoms with Gasteiger partial charge in [0.05, 0.1) is 56.2 Å². The van der Waals surface area contributed by atoms with Crippen molar-refractivity contribution in [2.45, 2.75) is 51.2 Å². The van der Waals surface area contributed by atoms with Crippen LogP contribution in [0.5, 0.6) is 0 Å². The Bertz CT molecular complexity index is 1760. The molecular formula is C30H30N10S. The molecule has 0 spiro atoms. The highest BCUT2D eigenvalue weighted by atomic mass is 32.1. The second-order valence-corrected chi connectivity index (χ2v) is 12.7. The molecule has 4 N–H and O–H groups in total. The first kappa shape index (κ1) is 26.9. The fourth-order valence-electron chi connectivity index (χ4n) is 5.31. The zero-order chi connectivity index (χ0) is 28.8. The van der Waals surface area contributed by atoms with E-state index in [9.17, 15) is 15.8 Å². The van der Waals surface area contributed by atoms with Crippen molar-refractivity contribution in [2.75, 3.05) is 23.7 Å². The molecule has 0 radical (unpaired) electrons. The molecule has 2 fully saturated rings. The Kier molecular flexibility index (Phi) is 6.73. The molecule has 4 aromatic rings. The Morgan fingerprint density at radius 2 is 1.95 bits per heavy atom. The molecule has 1 saturated heterocycles. The number of nitrogens with zero attached hydrogens (tertiary/aromatic N) is 6. The molecule has 2 aromatic carbocycles. The lowest BCUT2D eigenvalue weighted by molar-refractivity contribution is 0.179. The molecule has 2 aromatic heterocycles. The summed E-state index contributed by atoms with van der Waals surface area (Å²) in [5, 5.41) is 39.6. The van der Waals surface area contributed by atoms with Gasteiger partial charge in [0.15, 0.2) is 0 Å². The first-order chi connectivity index (χ1) is 19.7. The molecule has 1 unspecified atom stereocenters. The number of rotatable bonds is 7. The number of hydrogen-bond acceptors (Lipinski definition) is 11. The SMILES string of the molecule is CC(C)(C)CNc1c(C#N)cnc2c(C#N)cc(N[C@@H](c3cccc4ncsc34)C3CN(C4(C#N)CC4)NN3)cc12. The van der Waals surface area contributed by atoms with E-state index in [4.69, 9.17) is 0 Å². The van der Waals surface area contributed by atoms with Crippen LogP contribution in [0.15, 0.2) is 42.0 Å². The monoisotopic (exact) mass is 562 g/mol.